The molecule has 1 aliphatic carbocycles. The molecule has 0 aromatic heterocycles. The second kappa shape index (κ2) is 6.49. The molecule has 136 valence electrons. The largest absolute Gasteiger partial charge is 0.366 e. The minimum Gasteiger partial charge on any atom is -0.366 e. The van der Waals surface area contributed by atoms with Gasteiger partial charge in [0.1, 0.15) is 5.69 Å². The summed E-state index contributed by atoms with van der Waals surface area (Å²) in [5.74, 6) is -0.631. The van der Waals surface area contributed by atoms with E-state index < -0.39 is 22.2 Å². The third-order valence-electron chi connectivity index (χ3n) is 5.51. The predicted molar refractivity (Wildman–Crippen MR) is 85.2 cm³/mol. The Morgan fingerprint density at radius 2 is 1.92 bits per heavy atom. The van der Waals surface area contributed by atoms with Gasteiger partial charge in [0.05, 0.1) is 23.7 Å². The van der Waals surface area contributed by atoms with E-state index in [-0.39, 0.29) is 12.0 Å². The number of non-ortho nitro benzene ring substituents is 1. The maximum atomic E-state index is 14.1. The molecule has 1 aromatic rings. The van der Waals surface area contributed by atoms with E-state index in [1.807, 2.05) is 0 Å². The van der Waals surface area contributed by atoms with Crippen LogP contribution in [-0.2, 0) is 9.47 Å². The van der Waals surface area contributed by atoms with E-state index in [1.165, 1.54) is 0 Å². The van der Waals surface area contributed by atoms with Gasteiger partial charge in [-0.05, 0) is 37.0 Å². The number of benzene rings is 1. The molecule has 0 amide bonds. The number of hydrogen-bond acceptors (Lipinski definition) is 5. The third kappa shape index (κ3) is 3.20. The normalized spacial score (nSPS) is 31.0. The van der Waals surface area contributed by atoms with Crippen LogP contribution in [-0.4, -0.2) is 37.5 Å². The van der Waals surface area contributed by atoms with Gasteiger partial charge in [-0.2, -0.15) is 0 Å². The number of hydrogen-bond donors (Lipinski definition) is 0. The molecule has 4 atom stereocenters. The average Bonchev–Trinajstić information content (AvgIpc) is 3.04. The van der Waals surface area contributed by atoms with Crippen molar-refractivity contribution in [2.24, 2.45) is 17.8 Å². The summed E-state index contributed by atoms with van der Waals surface area (Å²) in [7, 11) is 0. The predicted octanol–water partition coefficient (Wildman–Crippen LogP) is 3.10. The quantitative estimate of drug-likeness (QED) is 0.600. The van der Waals surface area contributed by atoms with Crippen molar-refractivity contribution in [3.8, 4) is 0 Å². The number of fused-ring (bicyclic) bond motifs is 1. The summed E-state index contributed by atoms with van der Waals surface area (Å²) >= 11 is 0. The first-order valence-corrected chi connectivity index (χ1v) is 8.66. The van der Waals surface area contributed by atoms with Crippen LogP contribution in [0.1, 0.15) is 19.3 Å². The number of nitro benzene ring substituents is 1. The van der Waals surface area contributed by atoms with Crippen molar-refractivity contribution in [3.05, 3.63) is 33.9 Å². The molecule has 0 radical (unpaired) electrons. The molecule has 6 nitrogen and oxygen atoms in total. The molecule has 3 fully saturated rings. The lowest BCUT2D eigenvalue weighted by Gasteiger charge is -2.25. The minimum atomic E-state index is -0.878. The lowest BCUT2D eigenvalue weighted by atomic mass is 10.2. The van der Waals surface area contributed by atoms with E-state index >= 15 is 0 Å². The maximum absolute atomic E-state index is 14.1. The summed E-state index contributed by atoms with van der Waals surface area (Å²) in [5, 5.41) is 10.7. The van der Waals surface area contributed by atoms with Crippen LogP contribution in [0.25, 0.3) is 0 Å². The van der Waals surface area contributed by atoms with Gasteiger partial charge >= 0.3 is 0 Å². The zero-order valence-corrected chi connectivity index (χ0v) is 13.7. The fourth-order valence-corrected chi connectivity index (χ4v) is 4.10. The van der Waals surface area contributed by atoms with Crippen molar-refractivity contribution >= 4 is 11.4 Å². The number of rotatable bonds is 5. The fraction of sp³-hybridized carbons (Fsp3) is 0.647. The van der Waals surface area contributed by atoms with Crippen LogP contribution in [0.2, 0.25) is 0 Å². The zero-order valence-electron chi connectivity index (χ0n) is 13.7. The van der Waals surface area contributed by atoms with Crippen LogP contribution in [0.15, 0.2) is 12.1 Å². The maximum Gasteiger partial charge on any atom is 0.275 e. The Hall–Kier alpha value is -1.80. The summed E-state index contributed by atoms with van der Waals surface area (Å²) in [6, 6.07) is 1.56. The molecule has 2 heterocycles. The molecule has 1 unspecified atom stereocenters. The Kier molecular flexibility index (Phi) is 4.33. The summed E-state index contributed by atoms with van der Waals surface area (Å²) in [5.41, 5.74) is -0.727. The first kappa shape index (κ1) is 16.7. The van der Waals surface area contributed by atoms with Crippen molar-refractivity contribution < 1.29 is 23.2 Å². The van der Waals surface area contributed by atoms with Gasteiger partial charge in [0.25, 0.3) is 5.69 Å². The number of ether oxygens (including phenoxy) is 2. The van der Waals surface area contributed by atoms with Gasteiger partial charge in [-0.25, -0.2) is 8.78 Å². The molecule has 0 N–H and O–H groups in total. The van der Waals surface area contributed by atoms with Crippen LogP contribution in [0.5, 0.6) is 0 Å². The van der Waals surface area contributed by atoms with E-state index in [4.69, 9.17) is 9.47 Å². The molecular weight excluding hydrogens is 334 g/mol. The van der Waals surface area contributed by atoms with Crippen molar-refractivity contribution in [1.82, 2.24) is 0 Å². The van der Waals surface area contributed by atoms with Crippen molar-refractivity contribution in [2.45, 2.75) is 25.6 Å². The van der Waals surface area contributed by atoms with Crippen LogP contribution in [0.4, 0.5) is 20.2 Å². The van der Waals surface area contributed by atoms with E-state index in [2.05, 4.69) is 0 Å². The highest BCUT2D eigenvalue weighted by Crippen LogP contribution is 2.53. The zero-order chi connectivity index (χ0) is 17.6. The van der Waals surface area contributed by atoms with E-state index in [1.54, 1.807) is 4.90 Å². The monoisotopic (exact) mass is 354 g/mol. The Labute approximate surface area is 143 Å². The summed E-state index contributed by atoms with van der Waals surface area (Å²) in [6.07, 6.45) is 3.01. The van der Waals surface area contributed by atoms with E-state index in [0.717, 1.165) is 38.0 Å². The van der Waals surface area contributed by atoms with Gasteiger partial charge in [-0.3, -0.25) is 10.1 Å². The standard InChI is InChI=1S/C17H20F2N2O4/c18-14-5-10(21(22)23)6-15(19)17(14)20-7-11-12(8-20)13(11)9-25-16-3-1-2-4-24-16/h5-6,11-13,16H,1-4,7-9H2/t11-,12+,13+,16?. The molecule has 4 rings (SSSR count). The van der Waals surface area contributed by atoms with Gasteiger partial charge < -0.3 is 14.4 Å². The van der Waals surface area contributed by atoms with Gasteiger partial charge in [0.2, 0.25) is 0 Å². The number of halogens is 2. The van der Waals surface area contributed by atoms with Crippen molar-refractivity contribution in [2.75, 3.05) is 31.2 Å². The van der Waals surface area contributed by atoms with E-state index in [0.29, 0.717) is 37.5 Å². The molecule has 25 heavy (non-hydrogen) atoms. The lowest BCUT2D eigenvalue weighted by Crippen LogP contribution is -2.28. The Morgan fingerprint density at radius 3 is 2.48 bits per heavy atom. The first-order chi connectivity index (χ1) is 12.0. The highest BCUT2D eigenvalue weighted by atomic mass is 19.1. The average molecular weight is 354 g/mol. The molecule has 2 aliphatic heterocycles. The van der Waals surface area contributed by atoms with Gasteiger partial charge in [-0.15, -0.1) is 0 Å². The SMILES string of the molecule is O=[N+]([O-])c1cc(F)c(N2C[C@@H]3[C@@H](COC4CCCCO4)[C@@H]3C2)c(F)c1. The van der Waals surface area contributed by atoms with Crippen molar-refractivity contribution in [3.63, 3.8) is 0 Å². The number of anilines is 1. The van der Waals surface area contributed by atoms with Crippen LogP contribution in [0, 0.1) is 39.5 Å². The number of nitro groups is 1. The molecule has 1 saturated carbocycles. The number of piperidine rings is 1. The second-order valence-electron chi connectivity index (χ2n) is 7.04. The molecule has 1 aromatic carbocycles. The third-order valence-corrected chi connectivity index (χ3v) is 5.51. The summed E-state index contributed by atoms with van der Waals surface area (Å²) in [4.78, 5) is 11.5. The van der Waals surface area contributed by atoms with Crippen LogP contribution < -0.4 is 4.90 Å². The molecule has 0 spiro atoms. The Bertz CT molecular complexity index is 646. The van der Waals surface area contributed by atoms with Gasteiger partial charge in [0, 0.05) is 19.7 Å². The van der Waals surface area contributed by atoms with Crippen LogP contribution in [0.3, 0.4) is 0 Å². The lowest BCUT2D eigenvalue weighted by molar-refractivity contribution is -0.385. The molecule has 0 bridgehead atoms. The molecule has 3 aliphatic rings. The number of nitrogens with zero attached hydrogens (tertiary/aromatic N) is 2. The first-order valence-electron chi connectivity index (χ1n) is 8.66. The highest BCUT2D eigenvalue weighted by molar-refractivity contribution is 5.55. The fourth-order valence-electron chi connectivity index (χ4n) is 4.10. The molecule has 8 heteroatoms. The topological polar surface area (TPSA) is 64.8 Å². The molecular formula is C17H20F2N2O4. The smallest absolute Gasteiger partial charge is 0.275 e. The van der Waals surface area contributed by atoms with Gasteiger partial charge in [0.15, 0.2) is 17.9 Å². The Balaban J connectivity index is 1.34. The molecule has 2 saturated heterocycles. The summed E-state index contributed by atoms with van der Waals surface area (Å²) in [6.45, 7) is 2.47. The van der Waals surface area contributed by atoms with Crippen molar-refractivity contribution in [1.29, 1.82) is 0 Å². The van der Waals surface area contributed by atoms with Gasteiger partial charge in [-0.1, -0.05) is 0 Å². The Morgan fingerprint density at radius 1 is 1.24 bits per heavy atom. The highest BCUT2D eigenvalue weighted by Gasteiger charge is 2.56. The summed E-state index contributed by atoms with van der Waals surface area (Å²) < 4.78 is 39.6. The second-order valence-corrected chi connectivity index (χ2v) is 7.04. The minimum absolute atomic E-state index is 0.115. The van der Waals surface area contributed by atoms with Crippen LogP contribution >= 0.6 is 0 Å². The van der Waals surface area contributed by atoms with E-state index in [9.17, 15) is 18.9 Å².